The van der Waals surface area contributed by atoms with Gasteiger partial charge in [0.25, 0.3) is 0 Å². The maximum Gasteiger partial charge on any atom is 0.170 e. The van der Waals surface area contributed by atoms with Crippen LogP contribution in [0.1, 0.15) is 12.8 Å². The molecule has 1 unspecified atom stereocenters. The van der Waals surface area contributed by atoms with E-state index in [1.807, 2.05) is 0 Å². The maximum atomic E-state index is 5.83. The lowest BCUT2D eigenvalue weighted by Crippen LogP contribution is -2.30. The highest BCUT2D eigenvalue weighted by molar-refractivity contribution is 6.60. The molecule has 0 aliphatic heterocycles. The van der Waals surface area contributed by atoms with Crippen molar-refractivity contribution in [3.63, 3.8) is 0 Å². The van der Waals surface area contributed by atoms with Crippen LogP contribution in [0.15, 0.2) is 10.1 Å². The minimum Gasteiger partial charge on any atom is -0.119 e. The molecule has 0 saturated heterocycles. The highest BCUT2D eigenvalue weighted by Gasteiger charge is 2.41. The second-order valence-electron chi connectivity index (χ2n) is 2.35. The smallest absolute Gasteiger partial charge is 0.119 e. The molecule has 5 heteroatoms. The number of halogens is 5. The Morgan fingerprint density at radius 2 is 1.82 bits per heavy atom. The monoisotopic (exact) mass is 252 g/mol. The van der Waals surface area contributed by atoms with E-state index < -0.39 is 4.33 Å². The largest absolute Gasteiger partial charge is 0.170 e. The van der Waals surface area contributed by atoms with Crippen molar-refractivity contribution in [3.05, 3.63) is 10.1 Å². The van der Waals surface area contributed by atoms with E-state index in [-0.39, 0.29) is 10.4 Å². The van der Waals surface area contributed by atoms with Crippen molar-refractivity contribution < 1.29 is 0 Å². The van der Waals surface area contributed by atoms with Crippen LogP contribution in [0, 0.1) is 0 Å². The molecule has 64 valence electrons. The molecule has 1 atom stereocenters. The molecule has 0 bridgehead atoms. The minimum absolute atomic E-state index is 0.258. The molecule has 0 aromatic carbocycles. The zero-order valence-corrected chi connectivity index (χ0v) is 9.16. The summed E-state index contributed by atoms with van der Waals surface area (Å²) in [5.74, 6) is 0. The molecular formula is C6H5Cl5. The van der Waals surface area contributed by atoms with Crippen molar-refractivity contribution in [2.45, 2.75) is 22.6 Å². The van der Waals surface area contributed by atoms with E-state index in [0.29, 0.717) is 17.9 Å². The average molecular weight is 254 g/mol. The van der Waals surface area contributed by atoms with Gasteiger partial charge >= 0.3 is 0 Å². The fraction of sp³-hybridized carbons (Fsp3) is 0.667. The van der Waals surface area contributed by atoms with Crippen LogP contribution < -0.4 is 0 Å². The lowest BCUT2D eigenvalue weighted by atomic mass is 10.1. The van der Waals surface area contributed by atoms with Gasteiger partial charge in [0.05, 0.1) is 10.4 Å². The van der Waals surface area contributed by atoms with Crippen molar-refractivity contribution in [2.24, 2.45) is 0 Å². The van der Waals surface area contributed by atoms with Gasteiger partial charge in [-0.3, -0.25) is 0 Å². The normalized spacial score (nSPS) is 30.8. The Morgan fingerprint density at radius 1 is 1.27 bits per heavy atom. The van der Waals surface area contributed by atoms with E-state index >= 15 is 0 Å². The Labute approximate surface area is 90.4 Å². The number of rotatable bonds is 0. The molecule has 0 fully saturated rings. The van der Waals surface area contributed by atoms with E-state index in [9.17, 15) is 0 Å². The summed E-state index contributed by atoms with van der Waals surface area (Å²) in [6.07, 6.45) is 1.30. The summed E-state index contributed by atoms with van der Waals surface area (Å²) in [5.41, 5.74) is 0. The van der Waals surface area contributed by atoms with E-state index in [4.69, 9.17) is 58.0 Å². The standard InChI is InChI=1S/C6H5Cl5/c7-3-1-2-4(8)6(10,11)5(3)9/h4H,1-2H2. The first kappa shape index (κ1) is 10.3. The van der Waals surface area contributed by atoms with Crippen molar-refractivity contribution >= 4 is 58.0 Å². The molecule has 0 radical (unpaired) electrons. The Bertz CT molecular complexity index is 195. The first-order chi connectivity index (χ1) is 4.96. The molecule has 0 aromatic heterocycles. The lowest BCUT2D eigenvalue weighted by Gasteiger charge is -2.29. The molecule has 11 heavy (non-hydrogen) atoms. The van der Waals surface area contributed by atoms with Crippen molar-refractivity contribution in [2.75, 3.05) is 0 Å². The van der Waals surface area contributed by atoms with Crippen LogP contribution in [0.4, 0.5) is 0 Å². The van der Waals surface area contributed by atoms with Gasteiger partial charge in [-0.1, -0.05) is 46.4 Å². The van der Waals surface area contributed by atoms with Crippen LogP contribution in [-0.4, -0.2) is 9.71 Å². The van der Waals surface area contributed by atoms with Gasteiger partial charge < -0.3 is 0 Å². The van der Waals surface area contributed by atoms with E-state index in [1.54, 1.807) is 0 Å². The Morgan fingerprint density at radius 3 is 2.27 bits per heavy atom. The molecule has 0 aromatic rings. The minimum atomic E-state index is -1.21. The molecule has 0 nitrogen and oxygen atoms in total. The Hall–Kier alpha value is 1.19. The molecule has 1 aliphatic rings. The number of hydrogen-bond donors (Lipinski definition) is 0. The second kappa shape index (κ2) is 3.51. The second-order valence-corrected chi connectivity index (χ2v) is 5.09. The number of allylic oxidation sites excluding steroid dienone is 2. The zero-order chi connectivity index (χ0) is 8.65. The predicted octanol–water partition coefficient (Wildman–Crippen LogP) is 4.25. The quantitative estimate of drug-likeness (QED) is 0.567. The fourth-order valence-electron chi connectivity index (χ4n) is 0.863. The molecule has 0 saturated carbocycles. The molecule has 0 N–H and O–H groups in total. The molecule has 0 amide bonds. The molecular weight excluding hydrogens is 249 g/mol. The summed E-state index contributed by atoms with van der Waals surface area (Å²) in [4.78, 5) is 0. The summed E-state index contributed by atoms with van der Waals surface area (Å²) in [5, 5.41) is 0.406. The van der Waals surface area contributed by atoms with Gasteiger partial charge in [0.2, 0.25) is 0 Å². The molecule has 0 heterocycles. The van der Waals surface area contributed by atoms with Gasteiger partial charge in [0, 0.05) is 5.03 Å². The zero-order valence-electron chi connectivity index (χ0n) is 5.38. The van der Waals surface area contributed by atoms with Crippen molar-refractivity contribution in [3.8, 4) is 0 Å². The number of hydrogen-bond acceptors (Lipinski definition) is 0. The number of alkyl halides is 3. The van der Waals surface area contributed by atoms with Crippen molar-refractivity contribution in [1.82, 2.24) is 0 Å². The maximum absolute atomic E-state index is 5.83. The van der Waals surface area contributed by atoms with E-state index in [0.717, 1.165) is 0 Å². The topological polar surface area (TPSA) is 0 Å². The highest BCUT2D eigenvalue weighted by Crippen LogP contribution is 2.47. The van der Waals surface area contributed by atoms with Gasteiger partial charge in [-0.2, -0.15) is 0 Å². The lowest BCUT2D eigenvalue weighted by molar-refractivity contribution is 0.692. The van der Waals surface area contributed by atoms with Crippen LogP contribution >= 0.6 is 58.0 Å². The third-order valence-electron chi connectivity index (χ3n) is 1.54. The van der Waals surface area contributed by atoms with E-state index in [2.05, 4.69) is 0 Å². The van der Waals surface area contributed by atoms with Crippen LogP contribution in [0.25, 0.3) is 0 Å². The van der Waals surface area contributed by atoms with Crippen molar-refractivity contribution in [1.29, 1.82) is 0 Å². The summed E-state index contributed by atoms with van der Waals surface area (Å²) in [6.45, 7) is 0. The fourth-order valence-corrected chi connectivity index (χ4v) is 2.16. The predicted molar refractivity (Wildman–Crippen MR) is 52.0 cm³/mol. The van der Waals surface area contributed by atoms with Gasteiger partial charge in [0.1, 0.15) is 0 Å². The summed E-state index contributed by atoms with van der Waals surface area (Å²) in [7, 11) is 0. The van der Waals surface area contributed by atoms with Gasteiger partial charge in [-0.15, -0.1) is 11.6 Å². The van der Waals surface area contributed by atoms with Crippen LogP contribution in [-0.2, 0) is 0 Å². The first-order valence-electron chi connectivity index (χ1n) is 3.02. The van der Waals surface area contributed by atoms with Crippen LogP contribution in [0.5, 0.6) is 0 Å². The Kier molecular flexibility index (Phi) is 3.28. The highest BCUT2D eigenvalue weighted by atomic mass is 35.5. The average Bonchev–Trinajstić information content (AvgIpc) is 1.95. The Balaban J connectivity index is 2.98. The summed E-state index contributed by atoms with van der Waals surface area (Å²) < 4.78 is -1.21. The van der Waals surface area contributed by atoms with E-state index in [1.165, 1.54) is 0 Å². The molecule has 1 aliphatic carbocycles. The van der Waals surface area contributed by atoms with Gasteiger partial charge in [-0.05, 0) is 12.8 Å². The van der Waals surface area contributed by atoms with Crippen LogP contribution in [0.3, 0.4) is 0 Å². The SMILES string of the molecule is ClC1=C(Cl)C(Cl)(Cl)C(Cl)CC1. The third-order valence-corrected chi connectivity index (χ3v) is 4.41. The van der Waals surface area contributed by atoms with Crippen LogP contribution in [0.2, 0.25) is 0 Å². The summed E-state index contributed by atoms with van der Waals surface area (Å²) in [6, 6.07) is 0. The molecule has 1 rings (SSSR count). The molecule has 0 spiro atoms. The van der Waals surface area contributed by atoms with Gasteiger partial charge in [0.15, 0.2) is 4.33 Å². The van der Waals surface area contributed by atoms with Gasteiger partial charge in [-0.25, -0.2) is 0 Å². The summed E-state index contributed by atoms with van der Waals surface area (Å²) >= 11 is 29.0. The third kappa shape index (κ3) is 1.92. The first-order valence-corrected chi connectivity index (χ1v) is 4.97.